The van der Waals surface area contributed by atoms with E-state index in [1.54, 1.807) is 5.56 Å². The van der Waals surface area contributed by atoms with Gasteiger partial charge in [0.1, 0.15) is 0 Å². The number of rotatable bonds is 1. The van der Waals surface area contributed by atoms with Crippen molar-refractivity contribution >= 4 is 10.8 Å². The van der Waals surface area contributed by atoms with E-state index >= 15 is 0 Å². The summed E-state index contributed by atoms with van der Waals surface area (Å²) in [6.07, 6.45) is 4.12. The van der Waals surface area contributed by atoms with Gasteiger partial charge in [-0.1, -0.05) is 70.2 Å². The Labute approximate surface area is 129 Å². The van der Waals surface area contributed by atoms with E-state index in [0.29, 0.717) is 5.41 Å². The second-order valence-corrected chi connectivity index (χ2v) is 8.07. The van der Waals surface area contributed by atoms with Gasteiger partial charge in [0, 0.05) is 0 Å². The lowest BCUT2D eigenvalue weighted by Gasteiger charge is -2.41. The highest BCUT2D eigenvalue weighted by Gasteiger charge is 2.34. The van der Waals surface area contributed by atoms with Gasteiger partial charge in [-0.15, -0.1) is 0 Å². The van der Waals surface area contributed by atoms with Crippen LogP contribution in [0.5, 0.6) is 0 Å². The Bertz CT molecular complexity index is 617. The highest BCUT2D eigenvalue weighted by molar-refractivity contribution is 5.83. The molecule has 1 saturated carbocycles. The minimum absolute atomic E-state index is 0.440. The van der Waals surface area contributed by atoms with Crippen LogP contribution in [-0.2, 0) is 0 Å². The van der Waals surface area contributed by atoms with Crippen LogP contribution in [0.3, 0.4) is 0 Å². The van der Waals surface area contributed by atoms with Crippen LogP contribution in [0.15, 0.2) is 42.5 Å². The fourth-order valence-corrected chi connectivity index (χ4v) is 4.01. The highest BCUT2D eigenvalue weighted by Crippen LogP contribution is 2.46. The molecule has 0 amide bonds. The first-order valence-corrected chi connectivity index (χ1v) is 8.44. The molecule has 0 saturated heterocycles. The highest BCUT2D eigenvalue weighted by atomic mass is 14.4. The summed E-state index contributed by atoms with van der Waals surface area (Å²) >= 11 is 0. The molecule has 0 aliphatic heterocycles. The zero-order valence-electron chi connectivity index (χ0n) is 13.9. The third-order valence-corrected chi connectivity index (χ3v) is 5.62. The van der Waals surface area contributed by atoms with Gasteiger partial charge in [-0.05, 0) is 58.8 Å². The first kappa shape index (κ1) is 14.6. The molecular formula is C21H28. The molecule has 0 spiro atoms. The molecule has 0 nitrogen and oxygen atoms in total. The lowest BCUT2D eigenvalue weighted by atomic mass is 9.64. The summed E-state index contributed by atoms with van der Waals surface area (Å²) in [5, 5.41) is 2.75. The molecule has 21 heavy (non-hydrogen) atoms. The van der Waals surface area contributed by atoms with Gasteiger partial charge in [-0.3, -0.25) is 0 Å². The van der Waals surface area contributed by atoms with Crippen molar-refractivity contribution in [3.63, 3.8) is 0 Å². The molecule has 1 fully saturated rings. The normalized spacial score (nSPS) is 27.0. The average molecular weight is 280 g/mol. The van der Waals surface area contributed by atoms with Crippen LogP contribution in [0.25, 0.3) is 10.8 Å². The smallest absolute Gasteiger partial charge is 0.0133 e. The maximum Gasteiger partial charge on any atom is -0.0133 e. The van der Waals surface area contributed by atoms with Crippen LogP contribution in [0.4, 0.5) is 0 Å². The molecule has 0 N–H and O–H groups in total. The van der Waals surface area contributed by atoms with E-state index in [0.717, 1.165) is 17.8 Å². The largest absolute Gasteiger partial charge is 0.0619 e. The van der Waals surface area contributed by atoms with Crippen LogP contribution < -0.4 is 0 Å². The van der Waals surface area contributed by atoms with Crippen molar-refractivity contribution in [3.8, 4) is 0 Å². The quantitative estimate of drug-likeness (QED) is 0.566. The fourth-order valence-electron chi connectivity index (χ4n) is 4.01. The van der Waals surface area contributed by atoms with Crippen molar-refractivity contribution < 1.29 is 0 Å². The van der Waals surface area contributed by atoms with Gasteiger partial charge in [0.15, 0.2) is 0 Å². The van der Waals surface area contributed by atoms with Crippen LogP contribution in [-0.4, -0.2) is 0 Å². The second kappa shape index (κ2) is 5.48. The monoisotopic (exact) mass is 280 g/mol. The van der Waals surface area contributed by atoms with Gasteiger partial charge >= 0.3 is 0 Å². The van der Waals surface area contributed by atoms with Crippen molar-refractivity contribution in [2.45, 2.75) is 52.9 Å². The number of hydrogen-bond donors (Lipinski definition) is 0. The van der Waals surface area contributed by atoms with Crippen LogP contribution in [0.1, 0.15) is 58.4 Å². The van der Waals surface area contributed by atoms with Crippen LogP contribution in [0.2, 0.25) is 0 Å². The Balaban J connectivity index is 1.92. The Morgan fingerprint density at radius 1 is 0.905 bits per heavy atom. The Hall–Kier alpha value is -1.30. The van der Waals surface area contributed by atoms with Gasteiger partial charge in [-0.25, -0.2) is 0 Å². The average Bonchev–Trinajstić information content (AvgIpc) is 2.46. The van der Waals surface area contributed by atoms with Crippen molar-refractivity contribution in [1.29, 1.82) is 0 Å². The standard InChI is InChI=1S/C21H28/c1-15-9-12-19(21(2,3)4)14-20(15)18-11-10-16-7-5-6-8-17(16)13-18/h5-8,10-11,13,15,19-20H,9,12,14H2,1-4H3/t15-,19-,20-/m1/s1. The molecule has 0 unspecified atom stereocenters. The van der Waals surface area contributed by atoms with Crippen molar-refractivity contribution in [2.75, 3.05) is 0 Å². The number of fused-ring (bicyclic) bond motifs is 1. The number of hydrogen-bond acceptors (Lipinski definition) is 0. The molecule has 0 heteroatoms. The molecule has 1 aliphatic carbocycles. The number of benzene rings is 2. The molecule has 0 bridgehead atoms. The second-order valence-electron chi connectivity index (χ2n) is 8.07. The van der Waals surface area contributed by atoms with Gasteiger partial charge in [0.05, 0.1) is 0 Å². The molecule has 3 atom stereocenters. The zero-order chi connectivity index (χ0) is 15.0. The third-order valence-electron chi connectivity index (χ3n) is 5.62. The SMILES string of the molecule is C[C@@H]1CC[C@@H](C(C)(C)C)C[C@H]1c1ccc2ccccc2c1. The van der Waals surface area contributed by atoms with Gasteiger partial charge in [0.2, 0.25) is 0 Å². The minimum Gasteiger partial charge on any atom is -0.0619 e. The van der Waals surface area contributed by atoms with E-state index in [2.05, 4.69) is 70.2 Å². The summed E-state index contributed by atoms with van der Waals surface area (Å²) in [7, 11) is 0. The summed E-state index contributed by atoms with van der Waals surface area (Å²) in [6, 6.07) is 15.8. The minimum atomic E-state index is 0.440. The molecule has 1 aliphatic rings. The van der Waals surface area contributed by atoms with E-state index in [4.69, 9.17) is 0 Å². The maximum absolute atomic E-state index is 2.44. The van der Waals surface area contributed by atoms with Crippen LogP contribution in [0, 0.1) is 17.3 Å². The van der Waals surface area contributed by atoms with Crippen molar-refractivity contribution in [1.82, 2.24) is 0 Å². The summed E-state index contributed by atoms with van der Waals surface area (Å²) < 4.78 is 0. The molecule has 2 aromatic carbocycles. The van der Waals surface area contributed by atoms with E-state index in [9.17, 15) is 0 Å². The molecule has 0 aromatic heterocycles. The third kappa shape index (κ3) is 3.00. The topological polar surface area (TPSA) is 0 Å². The molecule has 0 radical (unpaired) electrons. The van der Waals surface area contributed by atoms with Gasteiger partial charge in [0.25, 0.3) is 0 Å². The Kier molecular flexibility index (Phi) is 3.82. The van der Waals surface area contributed by atoms with Gasteiger partial charge in [-0.2, -0.15) is 0 Å². The first-order chi connectivity index (χ1) is 9.95. The molecule has 0 heterocycles. The molecule has 3 rings (SSSR count). The predicted octanol–water partition coefficient (Wildman–Crippen LogP) is 6.41. The van der Waals surface area contributed by atoms with Crippen molar-refractivity contribution in [3.05, 3.63) is 48.0 Å². The van der Waals surface area contributed by atoms with E-state index in [-0.39, 0.29) is 0 Å². The summed E-state index contributed by atoms with van der Waals surface area (Å²) in [4.78, 5) is 0. The summed E-state index contributed by atoms with van der Waals surface area (Å²) in [5.74, 6) is 2.39. The summed E-state index contributed by atoms with van der Waals surface area (Å²) in [5.41, 5.74) is 1.99. The Morgan fingerprint density at radius 2 is 1.62 bits per heavy atom. The fraction of sp³-hybridized carbons (Fsp3) is 0.524. The predicted molar refractivity (Wildman–Crippen MR) is 92.6 cm³/mol. The zero-order valence-corrected chi connectivity index (χ0v) is 13.9. The first-order valence-electron chi connectivity index (χ1n) is 8.44. The van der Waals surface area contributed by atoms with Gasteiger partial charge < -0.3 is 0 Å². The maximum atomic E-state index is 2.44. The van der Waals surface area contributed by atoms with E-state index in [1.165, 1.54) is 30.0 Å². The van der Waals surface area contributed by atoms with Crippen molar-refractivity contribution in [2.24, 2.45) is 17.3 Å². The lowest BCUT2D eigenvalue weighted by Crippen LogP contribution is -2.29. The molecule has 112 valence electrons. The van der Waals surface area contributed by atoms with E-state index in [1.807, 2.05) is 0 Å². The lowest BCUT2D eigenvalue weighted by molar-refractivity contribution is 0.137. The molecular weight excluding hydrogens is 252 g/mol. The van der Waals surface area contributed by atoms with E-state index < -0.39 is 0 Å². The Morgan fingerprint density at radius 3 is 2.33 bits per heavy atom. The summed E-state index contributed by atoms with van der Waals surface area (Å²) in [6.45, 7) is 9.67. The van der Waals surface area contributed by atoms with Crippen LogP contribution >= 0.6 is 0 Å². The molecule has 2 aromatic rings.